The molecule has 0 atom stereocenters. The van der Waals surface area contributed by atoms with Crippen LogP contribution in [0.25, 0.3) is 22.0 Å². The summed E-state index contributed by atoms with van der Waals surface area (Å²) in [4.78, 5) is 7.29. The maximum Gasteiger partial charge on any atom is 0.235 e. The van der Waals surface area contributed by atoms with Crippen molar-refractivity contribution >= 4 is 10.9 Å². The molecule has 0 saturated heterocycles. The summed E-state index contributed by atoms with van der Waals surface area (Å²) < 4.78 is 3.83. The first-order valence-corrected chi connectivity index (χ1v) is 8.86. The zero-order valence-electron chi connectivity index (χ0n) is 14.7. The largest absolute Gasteiger partial charge is 0.503 e. The standard InChI is InChI=1S/C20H22N4O2/c1-2-17-18(15-12-22-16-7-4-3-6-14(15)16)19(25)20(26)24(17)10-5-9-23-11-8-21-13-23/h3-4,6-8,11-13,22,25-26H,2,5,9-10H2,1H3. The Labute approximate surface area is 151 Å². The molecule has 3 aromatic heterocycles. The molecule has 0 saturated carbocycles. The third kappa shape index (κ3) is 2.63. The van der Waals surface area contributed by atoms with Crippen molar-refractivity contribution in [3.63, 3.8) is 0 Å². The summed E-state index contributed by atoms with van der Waals surface area (Å²) >= 11 is 0. The van der Waals surface area contributed by atoms with Gasteiger partial charge in [0.05, 0.1) is 11.9 Å². The minimum Gasteiger partial charge on any atom is -0.503 e. The number of rotatable bonds is 6. The van der Waals surface area contributed by atoms with Gasteiger partial charge in [0.2, 0.25) is 5.88 Å². The molecule has 26 heavy (non-hydrogen) atoms. The molecular formula is C20H22N4O2. The van der Waals surface area contributed by atoms with Crippen molar-refractivity contribution < 1.29 is 10.2 Å². The minimum atomic E-state index is -0.0623. The lowest BCUT2D eigenvalue weighted by atomic mass is 10.0. The molecule has 6 heteroatoms. The van der Waals surface area contributed by atoms with Gasteiger partial charge in [-0.05, 0) is 18.9 Å². The van der Waals surface area contributed by atoms with E-state index in [9.17, 15) is 10.2 Å². The van der Waals surface area contributed by atoms with E-state index in [1.54, 1.807) is 12.5 Å². The van der Waals surface area contributed by atoms with Gasteiger partial charge in [-0.25, -0.2) is 4.98 Å². The van der Waals surface area contributed by atoms with E-state index in [0.717, 1.165) is 35.1 Å². The molecule has 3 heterocycles. The monoisotopic (exact) mass is 350 g/mol. The van der Waals surface area contributed by atoms with Gasteiger partial charge in [-0.2, -0.15) is 0 Å². The van der Waals surface area contributed by atoms with Gasteiger partial charge in [0.25, 0.3) is 0 Å². The van der Waals surface area contributed by atoms with Crippen LogP contribution < -0.4 is 0 Å². The van der Waals surface area contributed by atoms with Gasteiger partial charge in [0.15, 0.2) is 5.75 Å². The highest BCUT2D eigenvalue weighted by Crippen LogP contribution is 2.45. The van der Waals surface area contributed by atoms with Gasteiger partial charge in [0.1, 0.15) is 0 Å². The lowest BCUT2D eigenvalue weighted by molar-refractivity contribution is 0.365. The van der Waals surface area contributed by atoms with E-state index in [1.807, 2.05) is 52.7 Å². The number of fused-ring (bicyclic) bond motifs is 1. The number of nitrogens with zero attached hydrogens (tertiary/aromatic N) is 3. The molecule has 0 aliphatic heterocycles. The van der Waals surface area contributed by atoms with E-state index in [1.165, 1.54) is 0 Å². The summed E-state index contributed by atoms with van der Waals surface area (Å²) in [5, 5.41) is 22.2. The number of H-pyrrole nitrogens is 1. The predicted octanol–water partition coefficient (Wildman–Crippen LogP) is 3.90. The van der Waals surface area contributed by atoms with Crippen molar-refractivity contribution in [3.8, 4) is 22.8 Å². The maximum atomic E-state index is 10.6. The smallest absolute Gasteiger partial charge is 0.235 e. The van der Waals surface area contributed by atoms with Gasteiger partial charge in [-0.1, -0.05) is 25.1 Å². The fourth-order valence-electron chi connectivity index (χ4n) is 3.64. The number of hydrogen-bond acceptors (Lipinski definition) is 3. The zero-order chi connectivity index (χ0) is 18.1. The van der Waals surface area contributed by atoms with Crippen LogP contribution in [-0.4, -0.2) is 29.3 Å². The molecule has 1 aromatic carbocycles. The molecule has 4 aromatic rings. The first kappa shape index (κ1) is 16.3. The summed E-state index contributed by atoms with van der Waals surface area (Å²) in [6.07, 6.45) is 8.91. The molecule has 3 N–H and O–H groups in total. The highest BCUT2D eigenvalue weighted by molar-refractivity contribution is 5.98. The van der Waals surface area contributed by atoms with Crippen LogP contribution in [0.5, 0.6) is 11.6 Å². The first-order chi connectivity index (χ1) is 12.7. The number of aromatic hydroxyl groups is 2. The summed E-state index contributed by atoms with van der Waals surface area (Å²) in [5.74, 6) is -0.109. The molecule has 0 aliphatic rings. The van der Waals surface area contributed by atoms with Crippen LogP contribution in [0.3, 0.4) is 0 Å². The Balaban J connectivity index is 1.71. The van der Waals surface area contributed by atoms with Gasteiger partial charge in [-0.3, -0.25) is 0 Å². The number of nitrogens with one attached hydrogen (secondary N) is 1. The third-order valence-corrected chi connectivity index (χ3v) is 4.87. The van der Waals surface area contributed by atoms with E-state index >= 15 is 0 Å². The average Bonchev–Trinajstić information content (AvgIpc) is 3.36. The molecule has 0 fully saturated rings. The van der Waals surface area contributed by atoms with Crippen LogP contribution in [0.4, 0.5) is 0 Å². The Morgan fingerprint density at radius 1 is 1.15 bits per heavy atom. The normalized spacial score (nSPS) is 11.4. The fraction of sp³-hybridized carbons (Fsp3) is 0.250. The second-order valence-electron chi connectivity index (χ2n) is 6.40. The van der Waals surface area contributed by atoms with Crippen LogP contribution in [-0.2, 0) is 19.5 Å². The lowest BCUT2D eigenvalue weighted by Gasteiger charge is -2.10. The summed E-state index contributed by atoms with van der Waals surface area (Å²) in [7, 11) is 0. The lowest BCUT2D eigenvalue weighted by Crippen LogP contribution is -2.06. The molecule has 0 bridgehead atoms. The quantitative estimate of drug-likeness (QED) is 0.493. The van der Waals surface area contributed by atoms with E-state index in [4.69, 9.17) is 0 Å². The van der Waals surface area contributed by atoms with Crippen LogP contribution in [0.15, 0.2) is 49.2 Å². The van der Waals surface area contributed by atoms with E-state index in [0.29, 0.717) is 18.5 Å². The maximum absolute atomic E-state index is 10.6. The molecule has 6 nitrogen and oxygen atoms in total. The summed E-state index contributed by atoms with van der Waals surface area (Å²) in [5.41, 5.74) is 3.58. The molecule has 4 rings (SSSR count). The van der Waals surface area contributed by atoms with Gasteiger partial charge >= 0.3 is 0 Å². The summed E-state index contributed by atoms with van der Waals surface area (Å²) in [6.45, 7) is 3.48. The Kier molecular flexibility index (Phi) is 4.16. The van der Waals surface area contributed by atoms with E-state index in [2.05, 4.69) is 9.97 Å². The van der Waals surface area contributed by atoms with E-state index < -0.39 is 0 Å². The average molecular weight is 350 g/mol. The van der Waals surface area contributed by atoms with Crippen molar-refractivity contribution in [2.24, 2.45) is 0 Å². The molecule has 0 amide bonds. The van der Waals surface area contributed by atoms with Gasteiger partial charge in [0, 0.05) is 53.8 Å². The van der Waals surface area contributed by atoms with Crippen molar-refractivity contribution in [1.82, 2.24) is 19.1 Å². The highest BCUT2D eigenvalue weighted by Gasteiger charge is 2.24. The predicted molar refractivity (Wildman–Crippen MR) is 101 cm³/mol. The number of aryl methyl sites for hydroxylation is 1. The van der Waals surface area contributed by atoms with Crippen LogP contribution in [0.1, 0.15) is 19.0 Å². The van der Waals surface area contributed by atoms with Crippen LogP contribution in [0.2, 0.25) is 0 Å². The van der Waals surface area contributed by atoms with Crippen LogP contribution >= 0.6 is 0 Å². The molecule has 0 radical (unpaired) electrons. The van der Waals surface area contributed by atoms with Crippen molar-refractivity contribution in [2.75, 3.05) is 0 Å². The highest BCUT2D eigenvalue weighted by atomic mass is 16.3. The van der Waals surface area contributed by atoms with E-state index in [-0.39, 0.29) is 11.6 Å². The number of imidazole rings is 1. The zero-order valence-corrected chi connectivity index (χ0v) is 14.7. The number of aromatic nitrogens is 4. The third-order valence-electron chi connectivity index (χ3n) is 4.87. The second-order valence-corrected chi connectivity index (χ2v) is 6.40. The number of benzene rings is 1. The van der Waals surface area contributed by atoms with Crippen molar-refractivity contribution in [1.29, 1.82) is 0 Å². The number of para-hydroxylation sites is 1. The topological polar surface area (TPSA) is 79.0 Å². The fourth-order valence-corrected chi connectivity index (χ4v) is 3.64. The Bertz CT molecular complexity index is 1030. The Hall–Kier alpha value is -3.15. The number of aromatic amines is 1. The minimum absolute atomic E-state index is 0.0470. The van der Waals surface area contributed by atoms with Gasteiger partial charge in [-0.15, -0.1) is 0 Å². The molecule has 0 spiro atoms. The molecule has 0 unspecified atom stereocenters. The second kappa shape index (κ2) is 6.63. The van der Waals surface area contributed by atoms with Crippen molar-refractivity contribution in [2.45, 2.75) is 32.9 Å². The van der Waals surface area contributed by atoms with Gasteiger partial charge < -0.3 is 24.3 Å². The first-order valence-electron chi connectivity index (χ1n) is 8.86. The Morgan fingerprint density at radius 3 is 2.77 bits per heavy atom. The number of hydrogen-bond donors (Lipinski definition) is 3. The molecular weight excluding hydrogens is 328 g/mol. The summed E-state index contributed by atoms with van der Waals surface area (Å²) in [6, 6.07) is 7.98. The van der Waals surface area contributed by atoms with Crippen LogP contribution in [0, 0.1) is 0 Å². The SMILES string of the molecule is CCc1c(-c2c[nH]c3ccccc23)c(O)c(O)n1CCCn1ccnc1. The molecule has 0 aliphatic carbocycles. The Morgan fingerprint density at radius 2 is 2.00 bits per heavy atom. The van der Waals surface area contributed by atoms with Crippen molar-refractivity contribution in [3.05, 3.63) is 54.9 Å². The molecule has 134 valence electrons.